The van der Waals surface area contributed by atoms with E-state index in [2.05, 4.69) is 20.5 Å². The van der Waals surface area contributed by atoms with Crippen LogP contribution in [0.25, 0.3) is 0 Å². The molecule has 0 bridgehead atoms. The molecule has 0 spiro atoms. The van der Waals surface area contributed by atoms with Crippen LogP contribution in [-0.2, 0) is 0 Å². The Kier molecular flexibility index (Phi) is 2.82. The largest absolute Gasteiger partial charge is 0.317 e. The molecule has 1 heterocycles. The monoisotopic (exact) mass is 240 g/mol. The third-order valence-electron chi connectivity index (χ3n) is 1.81. The highest BCUT2D eigenvalue weighted by molar-refractivity contribution is 6.30. The number of nitrogens with zero attached hydrogens (tertiary/aromatic N) is 2. The molecule has 1 aromatic heterocycles. The van der Waals surface area contributed by atoms with Crippen molar-refractivity contribution in [1.82, 2.24) is 15.2 Å². The van der Waals surface area contributed by atoms with Crippen LogP contribution in [0.15, 0.2) is 24.5 Å². The molecule has 7 heteroatoms. The van der Waals surface area contributed by atoms with Gasteiger partial charge in [-0.15, -0.1) is 0 Å². The van der Waals surface area contributed by atoms with E-state index in [-0.39, 0.29) is 16.5 Å². The highest BCUT2D eigenvalue weighted by Crippen LogP contribution is 2.19. The van der Waals surface area contributed by atoms with Crippen molar-refractivity contribution >= 4 is 23.2 Å². The maximum atomic E-state index is 13.3. The van der Waals surface area contributed by atoms with E-state index in [1.165, 1.54) is 18.5 Å². The summed E-state index contributed by atoms with van der Waals surface area (Å²) < 4.78 is 13.3. The average Bonchev–Trinajstić information content (AvgIpc) is 2.75. The molecule has 0 aliphatic heterocycles. The van der Waals surface area contributed by atoms with E-state index in [1.54, 1.807) is 0 Å². The minimum absolute atomic E-state index is 0.00866. The molecule has 0 radical (unpaired) electrons. The number of carbonyl (C=O) groups is 1. The van der Waals surface area contributed by atoms with Crippen LogP contribution in [-0.4, -0.2) is 21.1 Å². The average molecular weight is 241 g/mol. The van der Waals surface area contributed by atoms with Crippen molar-refractivity contribution in [3.8, 4) is 0 Å². The number of aromatic amines is 1. The summed E-state index contributed by atoms with van der Waals surface area (Å²) in [7, 11) is 0. The van der Waals surface area contributed by atoms with Crippen molar-refractivity contribution in [2.45, 2.75) is 0 Å². The first-order valence-electron chi connectivity index (χ1n) is 4.28. The van der Waals surface area contributed by atoms with Gasteiger partial charge in [-0.05, 0) is 18.2 Å². The summed E-state index contributed by atoms with van der Waals surface area (Å²) in [6, 6.07) is 3.95. The van der Waals surface area contributed by atoms with E-state index in [1.807, 2.05) is 0 Å². The van der Waals surface area contributed by atoms with Crippen molar-refractivity contribution in [2.75, 3.05) is 5.32 Å². The molecule has 2 aromatic rings. The van der Waals surface area contributed by atoms with E-state index >= 15 is 0 Å². The van der Waals surface area contributed by atoms with E-state index in [0.717, 1.165) is 6.07 Å². The molecule has 0 aliphatic carbocycles. The van der Waals surface area contributed by atoms with Crippen LogP contribution in [0.4, 0.5) is 10.1 Å². The zero-order chi connectivity index (χ0) is 11.5. The lowest BCUT2D eigenvalue weighted by molar-refractivity contribution is 0.101. The molecule has 1 aromatic carbocycles. The SMILES string of the molecule is O=C(Nc1ccc(Cl)cc1F)c1ncn[nH]1. The highest BCUT2D eigenvalue weighted by atomic mass is 35.5. The second kappa shape index (κ2) is 4.28. The molecule has 0 unspecified atom stereocenters. The maximum absolute atomic E-state index is 13.3. The standard InChI is InChI=1S/C9H6ClFN4O/c10-5-1-2-7(6(11)3-5)14-9(16)8-12-4-13-15-8/h1-4H,(H,14,16)(H,12,13,15). The summed E-state index contributed by atoms with van der Waals surface area (Å²) in [6.45, 7) is 0. The van der Waals surface area contributed by atoms with Gasteiger partial charge >= 0.3 is 0 Å². The lowest BCUT2D eigenvalue weighted by Gasteiger charge is -2.04. The third kappa shape index (κ3) is 2.17. The summed E-state index contributed by atoms with van der Waals surface area (Å²) in [5, 5.41) is 8.47. The number of hydrogen-bond acceptors (Lipinski definition) is 3. The normalized spacial score (nSPS) is 10.1. The van der Waals surface area contributed by atoms with Crippen molar-refractivity contribution in [3.63, 3.8) is 0 Å². The van der Waals surface area contributed by atoms with Gasteiger partial charge in [-0.2, -0.15) is 5.10 Å². The predicted molar refractivity (Wildman–Crippen MR) is 55.7 cm³/mol. The van der Waals surface area contributed by atoms with Gasteiger partial charge in [0.25, 0.3) is 5.91 Å². The smallest absolute Gasteiger partial charge is 0.293 e. The number of carbonyl (C=O) groups excluding carboxylic acids is 1. The van der Waals surface area contributed by atoms with Gasteiger partial charge in [-0.1, -0.05) is 11.6 Å². The number of halogens is 2. The molecule has 5 nitrogen and oxygen atoms in total. The summed E-state index contributed by atoms with van der Waals surface area (Å²) in [5.41, 5.74) is 0.0331. The Bertz CT molecular complexity index is 514. The van der Waals surface area contributed by atoms with E-state index in [0.29, 0.717) is 0 Å². The predicted octanol–water partition coefficient (Wildman–Crippen LogP) is 1.85. The van der Waals surface area contributed by atoms with Crippen LogP contribution < -0.4 is 5.32 Å². The topological polar surface area (TPSA) is 70.7 Å². The summed E-state index contributed by atoms with van der Waals surface area (Å²) in [4.78, 5) is 15.1. The summed E-state index contributed by atoms with van der Waals surface area (Å²) in [6.07, 6.45) is 1.19. The molecular formula is C9H6ClFN4O. The number of H-pyrrole nitrogens is 1. The number of aromatic nitrogens is 3. The summed E-state index contributed by atoms with van der Waals surface area (Å²) >= 11 is 5.57. The highest BCUT2D eigenvalue weighted by Gasteiger charge is 2.11. The zero-order valence-corrected chi connectivity index (χ0v) is 8.62. The molecule has 16 heavy (non-hydrogen) atoms. The Balaban J connectivity index is 2.18. The fraction of sp³-hybridized carbons (Fsp3) is 0. The molecule has 1 amide bonds. The number of hydrogen-bond donors (Lipinski definition) is 2. The van der Waals surface area contributed by atoms with Gasteiger partial charge in [-0.3, -0.25) is 9.89 Å². The van der Waals surface area contributed by atoms with Crippen LogP contribution in [0, 0.1) is 5.82 Å². The molecule has 0 saturated carbocycles. The Morgan fingerprint density at radius 3 is 2.94 bits per heavy atom. The first-order valence-corrected chi connectivity index (χ1v) is 4.66. The second-order valence-corrected chi connectivity index (χ2v) is 3.35. The Morgan fingerprint density at radius 1 is 1.50 bits per heavy atom. The molecular weight excluding hydrogens is 235 g/mol. The fourth-order valence-corrected chi connectivity index (χ4v) is 1.25. The molecule has 0 fully saturated rings. The maximum Gasteiger partial charge on any atom is 0.293 e. The number of anilines is 1. The second-order valence-electron chi connectivity index (χ2n) is 2.91. The first-order chi connectivity index (χ1) is 7.66. The number of nitrogens with one attached hydrogen (secondary N) is 2. The van der Waals surface area contributed by atoms with E-state index in [9.17, 15) is 9.18 Å². The van der Waals surface area contributed by atoms with Gasteiger partial charge in [0, 0.05) is 5.02 Å². The number of benzene rings is 1. The Hall–Kier alpha value is -1.95. The summed E-state index contributed by atoms with van der Waals surface area (Å²) in [5.74, 6) is -1.17. The van der Waals surface area contributed by atoms with Crippen LogP contribution in [0.2, 0.25) is 5.02 Å². The lowest BCUT2D eigenvalue weighted by atomic mass is 10.3. The van der Waals surface area contributed by atoms with Crippen LogP contribution in [0.5, 0.6) is 0 Å². The van der Waals surface area contributed by atoms with Crippen LogP contribution in [0.1, 0.15) is 10.6 Å². The third-order valence-corrected chi connectivity index (χ3v) is 2.04. The Labute approximate surface area is 94.7 Å². The zero-order valence-electron chi connectivity index (χ0n) is 7.87. The van der Waals surface area contributed by atoms with E-state index < -0.39 is 11.7 Å². The molecule has 0 saturated heterocycles. The first kappa shape index (κ1) is 10.6. The van der Waals surface area contributed by atoms with Crippen molar-refractivity contribution < 1.29 is 9.18 Å². The van der Waals surface area contributed by atoms with E-state index in [4.69, 9.17) is 11.6 Å². The van der Waals surface area contributed by atoms with Gasteiger partial charge in [-0.25, -0.2) is 9.37 Å². The van der Waals surface area contributed by atoms with Gasteiger partial charge in [0.2, 0.25) is 5.82 Å². The van der Waals surface area contributed by atoms with Crippen molar-refractivity contribution in [1.29, 1.82) is 0 Å². The molecule has 82 valence electrons. The van der Waals surface area contributed by atoms with Crippen molar-refractivity contribution in [3.05, 3.63) is 41.2 Å². The molecule has 2 rings (SSSR count). The fourth-order valence-electron chi connectivity index (χ4n) is 1.09. The number of rotatable bonds is 2. The lowest BCUT2D eigenvalue weighted by Crippen LogP contribution is -2.14. The van der Waals surface area contributed by atoms with Gasteiger partial charge in [0.15, 0.2) is 0 Å². The Morgan fingerprint density at radius 2 is 2.31 bits per heavy atom. The minimum Gasteiger partial charge on any atom is -0.317 e. The van der Waals surface area contributed by atoms with Crippen LogP contribution >= 0.6 is 11.6 Å². The van der Waals surface area contributed by atoms with Crippen molar-refractivity contribution in [2.24, 2.45) is 0 Å². The molecule has 2 N–H and O–H groups in total. The molecule has 0 atom stereocenters. The quantitative estimate of drug-likeness (QED) is 0.842. The minimum atomic E-state index is -0.611. The van der Waals surface area contributed by atoms with Gasteiger partial charge in [0.05, 0.1) is 5.69 Å². The number of amides is 1. The molecule has 0 aliphatic rings. The van der Waals surface area contributed by atoms with Gasteiger partial charge < -0.3 is 5.32 Å². The van der Waals surface area contributed by atoms with Gasteiger partial charge in [0.1, 0.15) is 12.1 Å². The van der Waals surface area contributed by atoms with Crippen LogP contribution in [0.3, 0.4) is 0 Å².